The van der Waals surface area contributed by atoms with Gasteiger partial charge in [-0.05, 0) is 79.1 Å². The monoisotopic (exact) mass is 560 g/mol. The molecule has 0 aliphatic carbocycles. The van der Waals surface area contributed by atoms with Crippen molar-refractivity contribution in [3.8, 4) is 17.2 Å². The maximum atomic E-state index is 10.9. The minimum absolute atomic E-state index is 0. The second-order valence-electron chi connectivity index (χ2n) is 7.94. The first-order valence-electron chi connectivity index (χ1n) is 9.55. The molecule has 3 aromatic rings. The van der Waals surface area contributed by atoms with Crippen LogP contribution < -0.4 is 0 Å². The number of aromatic hydroxyl groups is 3. The van der Waals surface area contributed by atoms with Gasteiger partial charge in [-0.15, -0.1) is 0 Å². The van der Waals surface area contributed by atoms with Crippen LogP contribution in [0.15, 0.2) is 36.4 Å². The molecule has 0 saturated heterocycles. The number of benzene rings is 3. The van der Waals surface area contributed by atoms with E-state index < -0.39 is 0 Å². The van der Waals surface area contributed by atoms with Crippen molar-refractivity contribution in [2.24, 2.45) is 0 Å². The van der Waals surface area contributed by atoms with E-state index in [2.05, 4.69) is 0 Å². The molecular formula is C25H28O3W. The maximum absolute atomic E-state index is 10.9. The van der Waals surface area contributed by atoms with Crippen LogP contribution in [0.1, 0.15) is 50.1 Å². The topological polar surface area (TPSA) is 60.7 Å². The van der Waals surface area contributed by atoms with Crippen LogP contribution in [0.3, 0.4) is 0 Å². The third kappa shape index (κ3) is 5.03. The average Bonchev–Trinajstić information content (AvgIpc) is 2.61. The second kappa shape index (κ2) is 9.05. The molecule has 0 atom stereocenters. The van der Waals surface area contributed by atoms with Crippen molar-refractivity contribution in [3.05, 3.63) is 86.5 Å². The van der Waals surface area contributed by atoms with Gasteiger partial charge in [-0.2, -0.15) is 0 Å². The van der Waals surface area contributed by atoms with Gasteiger partial charge in [0.2, 0.25) is 0 Å². The van der Waals surface area contributed by atoms with E-state index in [9.17, 15) is 15.3 Å². The fraction of sp³-hybridized carbons (Fsp3) is 0.280. The number of hydrogen-bond acceptors (Lipinski definition) is 3. The first kappa shape index (κ1) is 23.0. The van der Waals surface area contributed by atoms with Gasteiger partial charge in [0.25, 0.3) is 0 Å². The molecule has 3 N–H and O–H groups in total. The van der Waals surface area contributed by atoms with Gasteiger partial charge in [0.1, 0.15) is 17.2 Å². The van der Waals surface area contributed by atoms with Crippen molar-refractivity contribution < 1.29 is 36.4 Å². The SMILES string of the molecule is Cc1cc(Cc2cc(C)c(O)c(C)c2)c(O)c(Cc2cc(C)c(O)c(C)c2)c1.[W]. The van der Waals surface area contributed by atoms with E-state index in [0.717, 1.165) is 50.1 Å². The van der Waals surface area contributed by atoms with Crippen molar-refractivity contribution in [3.63, 3.8) is 0 Å². The minimum atomic E-state index is 0. The number of phenols is 3. The number of phenolic OH excluding ortho intramolecular Hbond substituents is 3. The molecule has 4 heteroatoms. The number of rotatable bonds is 4. The Morgan fingerprint density at radius 3 is 1.14 bits per heavy atom. The van der Waals surface area contributed by atoms with Crippen molar-refractivity contribution in [1.82, 2.24) is 0 Å². The van der Waals surface area contributed by atoms with Crippen LogP contribution >= 0.6 is 0 Å². The van der Waals surface area contributed by atoms with Crippen LogP contribution in [-0.2, 0) is 33.9 Å². The predicted molar refractivity (Wildman–Crippen MR) is 114 cm³/mol. The van der Waals surface area contributed by atoms with Crippen molar-refractivity contribution in [1.29, 1.82) is 0 Å². The Morgan fingerprint density at radius 1 is 0.517 bits per heavy atom. The molecule has 0 unspecified atom stereocenters. The van der Waals surface area contributed by atoms with Gasteiger partial charge in [-0.25, -0.2) is 0 Å². The molecule has 0 amide bonds. The Labute approximate surface area is 187 Å². The summed E-state index contributed by atoms with van der Waals surface area (Å²) in [5.74, 6) is 0.976. The predicted octanol–water partition coefficient (Wildman–Crippen LogP) is 5.52. The first-order chi connectivity index (χ1) is 13.2. The van der Waals surface area contributed by atoms with E-state index >= 15 is 0 Å². The van der Waals surface area contributed by atoms with Crippen LogP contribution in [0.25, 0.3) is 0 Å². The Morgan fingerprint density at radius 2 is 0.828 bits per heavy atom. The van der Waals surface area contributed by atoms with Gasteiger partial charge in [-0.1, -0.05) is 42.0 Å². The molecule has 0 bridgehead atoms. The summed E-state index contributed by atoms with van der Waals surface area (Å²) in [6.07, 6.45) is 1.21. The first-order valence-corrected chi connectivity index (χ1v) is 9.55. The largest absolute Gasteiger partial charge is 0.507 e. The molecule has 3 nitrogen and oxygen atoms in total. The summed E-state index contributed by atoms with van der Waals surface area (Å²) >= 11 is 0. The van der Waals surface area contributed by atoms with Crippen LogP contribution in [0.4, 0.5) is 0 Å². The van der Waals surface area contributed by atoms with E-state index in [1.165, 1.54) is 0 Å². The normalized spacial score (nSPS) is 10.7. The summed E-state index contributed by atoms with van der Waals surface area (Å²) in [5, 5.41) is 30.9. The summed E-state index contributed by atoms with van der Waals surface area (Å²) in [6, 6.07) is 11.9. The molecular weight excluding hydrogens is 532 g/mol. The zero-order valence-electron chi connectivity index (χ0n) is 17.6. The van der Waals surface area contributed by atoms with E-state index in [1.54, 1.807) is 0 Å². The molecule has 0 spiro atoms. The maximum Gasteiger partial charge on any atom is 0.122 e. The smallest absolute Gasteiger partial charge is 0.122 e. The van der Waals surface area contributed by atoms with Gasteiger partial charge in [0.05, 0.1) is 0 Å². The molecule has 0 aliphatic heterocycles. The van der Waals surface area contributed by atoms with E-state index in [0.29, 0.717) is 30.1 Å². The van der Waals surface area contributed by atoms with Crippen LogP contribution in [0.5, 0.6) is 17.2 Å². The molecule has 0 saturated carbocycles. The summed E-state index contributed by atoms with van der Waals surface area (Å²) < 4.78 is 0. The Balaban J connectivity index is 0.00000300. The fourth-order valence-electron chi connectivity index (χ4n) is 3.94. The summed E-state index contributed by atoms with van der Waals surface area (Å²) in [4.78, 5) is 0. The van der Waals surface area contributed by atoms with Crippen LogP contribution in [0, 0.1) is 34.6 Å². The van der Waals surface area contributed by atoms with Gasteiger partial charge >= 0.3 is 0 Å². The van der Waals surface area contributed by atoms with E-state index in [1.807, 2.05) is 71.0 Å². The molecule has 0 radical (unpaired) electrons. The number of hydrogen-bond donors (Lipinski definition) is 3. The molecule has 152 valence electrons. The quantitative estimate of drug-likeness (QED) is 0.394. The summed E-state index contributed by atoms with van der Waals surface area (Å²) in [5.41, 5.74) is 8.37. The van der Waals surface area contributed by atoms with Crippen molar-refractivity contribution in [2.75, 3.05) is 0 Å². The van der Waals surface area contributed by atoms with Gasteiger partial charge in [0, 0.05) is 33.9 Å². The molecule has 0 heterocycles. The van der Waals surface area contributed by atoms with Gasteiger partial charge in [0.15, 0.2) is 0 Å². The van der Waals surface area contributed by atoms with E-state index in [-0.39, 0.29) is 21.1 Å². The molecule has 0 fully saturated rings. The van der Waals surface area contributed by atoms with Gasteiger partial charge in [-0.3, -0.25) is 0 Å². The zero-order valence-corrected chi connectivity index (χ0v) is 20.6. The van der Waals surface area contributed by atoms with Crippen LogP contribution in [-0.4, -0.2) is 15.3 Å². The fourth-order valence-corrected chi connectivity index (χ4v) is 3.94. The third-order valence-electron chi connectivity index (χ3n) is 5.30. The van der Waals surface area contributed by atoms with E-state index in [4.69, 9.17) is 0 Å². The minimum Gasteiger partial charge on any atom is -0.507 e. The summed E-state index contributed by atoms with van der Waals surface area (Å²) in [6.45, 7) is 9.60. The standard InChI is InChI=1S/C25H28O3.W/c1-14-6-21(12-19-8-15(2)23(26)16(3)9-19)25(28)22(7-14)13-20-10-17(4)24(27)18(5)11-20;/h6-11,26-28H,12-13H2,1-5H3;. The molecule has 0 aromatic heterocycles. The average molecular weight is 560 g/mol. The number of aryl methyl sites for hydroxylation is 5. The zero-order chi connectivity index (χ0) is 20.6. The van der Waals surface area contributed by atoms with Crippen molar-refractivity contribution in [2.45, 2.75) is 47.5 Å². The molecule has 0 aliphatic rings. The Bertz CT molecular complexity index is 927. The second-order valence-corrected chi connectivity index (χ2v) is 7.94. The van der Waals surface area contributed by atoms with Crippen LogP contribution in [0.2, 0.25) is 0 Å². The molecule has 3 aromatic carbocycles. The Kier molecular flexibility index (Phi) is 7.19. The van der Waals surface area contributed by atoms with Crippen molar-refractivity contribution >= 4 is 0 Å². The van der Waals surface area contributed by atoms with Gasteiger partial charge < -0.3 is 15.3 Å². The Hall–Kier alpha value is -2.25. The summed E-state index contributed by atoms with van der Waals surface area (Å²) in [7, 11) is 0. The third-order valence-corrected chi connectivity index (χ3v) is 5.30. The molecule has 29 heavy (non-hydrogen) atoms. The molecule has 3 rings (SSSR count).